The topological polar surface area (TPSA) is 0 Å². The van der Waals surface area contributed by atoms with Gasteiger partial charge in [-0.15, -0.1) is 0 Å². The van der Waals surface area contributed by atoms with E-state index < -0.39 is 10.8 Å². The molecular formula is C38H25Cl. The highest BCUT2D eigenvalue weighted by Crippen LogP contribution is 2.64. The van der Waals surface area contributed by atoms with Crippen molar-refractivity contribution in [3.05, 3.63) is 201 Å². The lowest BCUT2D eigenvalue weighted by Crippen LogP contribution is -2.44. The van der Waals surface area contributed by atoms with Crippen LogP contribution in [0.3, 0.4) is 0 Å². The predicted octanol–water partition coefficient (Wildman–Crippen LogP) is 9.40. The molecule has 0 fully saturated rings. The number of hydrogen-bond donors (Lipinski definition) is 0. The van der Waals surface area contributed by atoms with Crippen molar-refractivity contribution >= 4 is 11.6 Å². The second-order valence-electron chi connectivity index (χ2n) is 10.6. The maximum absolute atomic E-state index is 6.77. The van der Waals surface area contributed by atoms with Crippen LogP contribution in [0, 0.1) is 0 Å². The van der Waals surface area contributed by atoms with Gasteiger partial charge >= 0.3 is 0 Å². The number of hydrogen-bond acceptors (Lipinski definition) is 0. The molecule has 0 bridgehead atoms. The fraction of sp³-hybridized carbons (Fsp3) is 0.0526. The summed E-state index contributed by atoms with van der Waals surface area (Å²) in [5.74, 6) is 0. The first-order chi connectivity index (χ1) is 19.3. The zero-order valence-electron chi connectivity index (χ0n) is 21.3. The van der Waals surface area contributed by atoms with Gasteiger partial charge in [0.15, 0.2) is 0 Å². The monoisotopic (exact) mass is 516 g/mol. The summed E-state index contributed by atoms with van der Waals surface area (Å²) in [6.07, 6.45) is 0. The van der Waals surface area contributed by atoms with Gasteiger partial charge in [-0.25, -0.2) is 0 Å². The average Bonchev–Trinajstić information content (AvgIpc) is 3.29. The number of halogens is 1. The third-order valence-corrected chi connectivity index (χ3v) is 9.13. The standard InChI is InChI=1S/C38H25Cl/c39-28-23-24-30-29-17-7-8-18-31(29)38(36(30)25-28)34-21-11-9-19-32(34)37(26-13-3-1-4-14-26,27-15-5-2-6-16-27)33-20-10-12-22-35(33)38/h1-25H. The van der Waals surface area contributed by atoms with E-state index in [0.29, 0.717) is 0 Å². The van der Waals surface area contributed by atoms with Crippen LogP contribution in [0.1, 0.15) is 44.5 Å². The molecule has 0 saturated carbocycles. The van der Waals surface area contributed by atoms with E-state index in [2.05, 4.69) is 146 Å². The molecule has 1 heteroatoms. The van der Waals surface area contributed by atoms with Crippen LogP contribution in [0.5, 0.6) is 0 Å². The molecule has 0 radical (unpaired) electrons. The third-order valence-electron chi connectivity index (χ3n) is 8.89. The Morgan fingerprint density at radius 1 is 0.333 bits per heavy atom. The lowest BCUT2D eigenvalue weighted by Gasteiger charge is -2.50. The van der Waals surface area contributed by atoms with E-state index in [-0.39, 0.29) is 0 Å². The number of benzene rings is 6. The summed E-state index contributed by atoms with van der Waals surface area (Å²) in [7, 11) is 0. The Morgan fingerprint density at radius 2 is 0.744 bits per heavy atom. The van der Waals surface area contributed by atoms with Crippen LogP contribution in [0.4, 0.5) is 0 Å². The molecule has 0 unspecified atom stereocenters. The Labute approximate surface area is 234 Å². The van der Waals surface area contributed by atoms with Gasteiger partial charge in [0.2, 0.25) is 0 Å². The molecule has 0 nitrogen and oxygen atoms in total. The molecule has 0 aromatic heterocycles. The quantitative estimate of drug-likeness (QED) is 0.214. The lowest BCUT2D eigenvalue weighted by atomic mass is 9.51. The molecule has 6 aromatic rings. The minimum absolute atomic E-state index is 0.475. The van der Waals surface area contributed by atoms with Crippen LogP contribution < -0.4 is 0 Å². The van der Waals surface area contributed by atoms with Crippen molar-refractivity contribution in [2.75, 3.05) is 0 Å². The molecule has 0 atom stereocenters. The SMILES string of the molecule is Clc1ccc2c(c1)C1(c3ccccc3-2)c2ccccc2C(c2ccccc2)(c2ccccc2)c2ccccc21. The van der Waals surface area contributed by atoms with Crippen molar-refractivity contribution in [3.63, 3.8) is 0 Å². The fourth-order valence-electron chi connectivity index (χ4n) is 7.56. The maximum atomic E-state index is 6.77. The van der Waals surface area contributed by atoms with E-state index in [1.54, 1.807) is 0 Å². The summed E-state index contributed by atoms with van der Waals surface area (Å²) in [5, 5.41) is 0.763. The van der Waals surface area contributed by atoms with Crippen molar-refractivity contribution in [2.45, 2.75) is 10.8 Å². The zero-order valence-corrected chi connectivity index (χ0v) is 22.1. The minimum atomic E-state index is -0.475. The van der Waals surface area contributed by atoms with Crippen LogP contribution in [-0.4, -0.2) is 0 Å². The van der Waals surface area contributed by atoms with E-state index in [1.807, 2.05) is 6.07 Å². The molecule has 184 valence electrons. The molecule has 0 heterocycles. The molecular weight excluding hydrogens is 492 g/mol. The molecule has 1 spiro atoms. The van der Waals surface area contributed by atoms with E-state index in [4.69, 9.17) is 11.6 Å². The van der Waals surface area contributed by atoms with Crippen molar-refractivity contribution in [3.8, 4) is 11.1 Å². The normalized spacial score (nSPS) is 15.2. The summed E-state index contributed by atoms with van der Waals surface area (Å²) < 4.78 is 0. The molecule has 0 aliphatic heterocycles. The van der Waals surface area contributed by atoms with Crippen molar-refractivity contribution in [1.82, 2.24) is 0 Å². The van der Waals surface area contributed by atoms with Gasteiger partial charge in [0.05, 0.1) is 10.8 Å². The van der Waals surface area contributed by atoms with Crippen LogP contribution in [0.25, 0.3) is 11.1 Å². The van der Waals surface area contributed by atoms with Gasteiger partial charge in [-0.05, 0) is 67.8 Å². The predicted molar refractivity (Wildman–Crippen MR) is 161 cm³/mol. The van der Waals surface area contributed by atoms with Crippen LogP contribution in [-0.2, 0) is 10.8 Å². The summed E-state index contributed by atoms with van der Waals surface area (Å²) in [6, 6.07) is 55.5. The smallest absolute Gasteiger partial charge is 0.0720 e. The molecule has 0 amide bonds. The van der Waals surface area contributed by atoms with Crippen molar-refractivity contribution < 1.29 is 0 Å². The summed E-state index contributed by atoms with van der Waals surface area (Å²) in [5.41, 5.74) is 11.9. The van der Waals surface area contributed by atoms with Gasteiger partial charge in [0.25, 0.3) is 0 Å². The molecule has 0 saturated heterocycles. The molecule has 0 N–H and O–H groups in total. The van der Waals surface area contributed by atoms with E-state index in [1.165, 1.54) is 55.6 Å². The maximum Gasteiger partial charge on any atom is 0.0720 e. The van der Waals surface area contributed by atoms with E-state index >= 15 is 0 Å². The molecule has 39 heavy (non-hydrogen) atoms. The van der Waals surface area contributed by atoms with Gasteiger partial charge in [0.1, 0.15) is 0 Å². The Morgan fingerprint density at radius 3 is 1.28 bits per heavy atom. The van der Waals surface area contributed by atoms with Crippen molar-refractivity contribution in [1.29, 1.82) is 0 Å². The number of rotatable bonds is 2. The second kappa shape index (κ2) is 8.30. The summed E-state index contributed by atoms with van der Waals surface area (Å²) >= 11 is 6.77. The Balaban J connectivity index is 1.62. The Bertz CT molecular complexity index is 1780. The largest absolute Gasteiger partial charge is 0.0843 e. The van der Waals surface area contributed by atoms with Crippen LogP contribution in [0.2, 0.25) is 5.02 Å². The highest BCUT2D eigenvalue weighted by molar-refractivity contribution is 6.30. The van der Waals surface area contributed by atoms with Gasteiger partial charge in [-0.1, -0.05) is 151 Å². The molecule has 6 aromatic carbocycles. The van der Waals surface area contributed by atoms with Gasteiger partial charge in [0, 0.05) is 5.02 Å². The van der Waals surface area contributed by atoms with Crippen molar-refractivity contribution in [2.24, 2.45) is 0 Å². The molecule has 8 rings (SSSR count). The Kier molecular flexibility index (Phi) is 4.81. The Hall–Kier alpha value is -4.39. The van der Waals surface area contributed by atoms with Crippen LogP contribution >= 0.6 is 11.6 Å². The summed E-state index contributed by atoms with van der Waals surface area (Å²) in [6.45, 7) is 0. The zero-order chi connectivity index (χ0) is 26.0. The first-order valence-corrected chi connectivity index (χ1v) is 13.9. The molecule has 2 aliphatic carbocycles. The van der Waals surface area contributed by atoms with E-state index in [0.717, 1.165) is 5.02 Å². The lowest BCUT2D eigenvalue weighted by molar-refractivity contribution is 0.623. The molecule has 2 aliphatic rings. The van der Waals surface area contributed by atoms with Gasteiger partial charge in [-0.2, -0.15) is 0 Å². The number of fused-ring (bicyclic) bond motifs is 9. The average molecular weight is 517 g/mol. The highest BCUT2D eigenvalue weighted by atomic mass is 35.5. The van der Waals surface area contributed by atoms with Gasteiger partial charge in [-0.3, -0.25) is 0 Å². The fourth-order valence-corrected chi connectivity index (χ4v) is 7.73. The van der Waals surface area contributed by atoms with E-state index in [9.17, 15) is 0 Å². The first kappa shape index (κ1) is 22.6. The van der Waals surface area contributed by atoms with Gasteiger partial charge < -0.3 is 0 Å². The first-order valence-electron chi connectivity index (χ1n) is 13.5. The third kappa shape index (κ3) is 2.80. The second-order valence-corrected chi connectivity index (χ2v) is 11.0. The minimum Gasteiger partial charge on any atom is -0.0843 e. The van der Waals surface area contributed by atoms with Crippen LogP contribution in [0.15, 0.2) is 152 Å². The highest BCUT2D eigenvalue weighted by Gasteiger charge is 2.56. The summed E-state index contributed by atoms with van der Waals surface area (Å²) in [4.78, 5) is 0.